The number of hydrogen-bond donors (Lipinski definition) is 1. The average Bonchev–Trinajstić information content (AvgIpc) is 3.12. The van der Waals surface area contributed by atoms with Gasteiger partial charge in [0.05, 0.1) is 5.69 Å². The lowest BCUT2D eigenvalue weighted by atomic mass is 10.3. The van der Waals surface area contributed by atoms with Crippen molar-refractivity contribution in [2.24, 2.45) is 0 Å². The van der Waals surface area contributed by atoms with E-state index in [1.165, 1.54) is 0 Å². The Balaban J connectivity index is 1.67. The smallest absolute Gasteiger partial charge is 0.271 e. The molecule has 0 bridgehead atoms. The second-order valence-corrected chi connectivity index (χ2v) is 5.01. The highest BCUT2D eigenvalue weighted by molar-refractivity contribution is 5.94. The molecule has 0 aromatic carbocycles. The first-order valence-corrected chi connectivity index (χ1v) is 7.29. The van der Waals surface area contributed by atoms with Crippen LogP contribution in [0.25, 0.3) is 5.65 Å². The van der Waals surface area contributed by atoms with Gasteiger partial charge in [0.1, 0.15) is 23.5 Å². The zero-order valence-electron chi connectivity index (χ0n) is 12.7. The minimum atomic E-state index is -0.163. The molecule has 0 spiro atoms. The van der Waals surface area contributed by atoms with Crippen molar-refractivity contribution in [3.63, 3.8) is 0 Å². The van der Waals surface area contributed by atoms with Crippen LogP contribution in [0.1, 0.15) is 28.9 Å². The summed E-state index contributed by atoms with van der Waals surface area (Å²) < 4.78 is 3.87. The zero-order chi connectivity index (χ0) is 15.5. The van der Waals surface area contributed by atoms with Gasteiger partial charge in [0.2, 0.25) is 0 Å². The molecule has 3 rings (SSSR count). The number of rotatable bonds is 5. The fourth-order valence-electron chi connectivity index (χ4n) is 2.44. The first-order chi connectivity index (χ1) is 10.7. The lowest BCUT2D eigenvalue weighted by molar-refractivity contribution is 0.0949. The van der Waals surface area contributed by atoms with E-state index in [2.05, 4.69) is 20.5 Å². The van der Waals surface area contributed by atoms with Gasteiger partial charge in [-0.25, -0.2) is 4.98 Å². The van der Waals surface area contributed by atoms with Crippen molar-refractivity contribution in [1.29, 1.82) is 0 Å². The predicted octanol–water partition coefficient (Wildman–Crippen LogP) is 1.23. The Morgan fingerprint density at radius 1 is 1.36 bits per heavy atom. The molecule has 0 saturated heterocycles. The Hall–Kier alpha value is -2.70. The van der Waals surface area contributed by atoms with Gasteiger partial charge < -0.3 is 14.3 Å². The molecular formula is C15H18N6O. The number of nitrogens with one attached hydrogen (secondary N) is 1. The molecule has 0 aliphatic carbocycles. The molecule has 22 heavy (non-hydrogen) atoms. The first kappa shape index (κ1) is 14.2. The molecule has 7 nitrogen and oxygen atoms in total. The topological polar surface area (TPSA) is 77.1 Å². The van der Waals surface area contributed by atoms with Crippen LogP contribution in [0.3, 0.4) is 0 Å². The molecule has 0 radical (unpaired) electrons. The Bertz CT molecular complexity index is 803. The van der Waals surface area contributed by atoms with Gasteiger partial charge in [0.15, 0.2) is 0 Å². The van der Waals surface area contributed by atoms with Crippen molar-refractivity contribution in [3.05, 3.63) is 47.9 Å². The fourth-order valence-corrected chi connectivity index (χ4v) is 2.44. The molecule has 7 heteroatoms. The average molecular weight is 298 g/mol. The number of amides is 1. The highest BCUT2D eigenvalue weighted by Gasteiger charge is 2.15. The van der Waals surface area contributed by atoms with Gasteiger partial charge in [-0.05, 0) is 26.0 Å². The van der Waals surface area contributed by atoms with E-state index >= 15 is 0 Å². The summed E-state index contributed by atoms with van der Waals surface area (Å²) in [5, 5.41) is 10.8. The van der Waals surface area contributed by atoms with E-state index in [1.54, 1.807) is 6.33 Å². The fraction of sp³-hybridized carbons (Fsp3) is 0.333. The summed E-state index contributed by atoms with van der Waals surface area (Å²) in [4.78, 5) is 16.7. The number of nitrogens with zero attached hydrogens (tertiary/aromatic N) is 5. The number of aromatic nitrogens is 5. The summed E-state index contributed by atoms with van der Waals surface area (Å²) in [6.45, 7) is 5.25. The van der Waals surface area contributed by atoms with Gasteiger partial charge >= 0.3 is 0 Å². The van der Waals surface area contributed by atoms with Gasteiger partial charge in [-0.1, -0.05) is 6.07 Å². The Morgan fingerprint density at radius 3 is 3.00 bits per heavy atom. The normalized spacial score (nSPS) is 11.0. The number of hydrogen-bond acceptors (Lipinski definition) is 4. The predicted molar refractivity (Wildman–Crippen MR) is 81.7 cm³/mol. The van der Waals surface area contributed by atoms with Gasteiger partial charge in [-0.15, -0.1) is 10.2 Å². The summed E-state index contributed by atoms with van der Waals surface area (Å²) in [7, 11) is 0. The van der Waals surface area contributed by atoms with E-state index in [1.807, 2.05) is 47.2 Å². The molecule has 114 valence electrons. The van der Waals surface area contributed by atoms with Gasteiger partial charge in [-0.2, -0.15) is 0 Å². The van der Waals surface area contributed by atoms with Crippen LogP contribution in [0.5, 0.6) is 0 Å². The maximum Gasteiger partial charge on any atom is 0.271 e. The minimum Gasteiger partial charge on any atom is -0.350 e. The molecular weight excluding hydrogens is 280 g/mol. The van der Waals surface area contributed by atoms with Crippen LogP contribution < -0.4 is 5.32 Å². The molecule has 1 N–H and O–H groups in total. The third-order valence-electron chi connectivity index (χ3n) is 3.65. The summed E-state index contributed by atoms with van der Waals surface area (Å²) in [5.41, 5.74) is 2.07. The van der Waals surface area contributed by atoms with Crippen LogP contribution in [0, 0.1) is 6.92 Å². The van der Waals surface area contributed by atoms with Crippen LogP contribution >= 0.6 is 0 Å². The van der Waals surface area contributed by atoms with Gasteiger partial charge in [0.25, 0.3) is 5.91 Å². The molecule has 0 unspecified atom stereocenters. The van der Waals surface area contributed by atoms with Crippen molar-refractivity contribution in [1.82, 2.24) is 29.5 Å². The molecule has 0 atom stereocenters. The van der Waals surface area contributed by atoms with E-state index in [4.69, 9.17) is 0 Å². The zero-order valence-corrected chi connectivity index (χ0v) is 12.7. The minimum absolute atomic E-state index is 0.163. The standard InChI is InChI=1S/C15H18N6O/c1-3-20-10-17-19-13(20)7-8-16-15(22)14-11(2)21-9-5-4-6-12(21)18-14/h4-6,9-10H,3,7-8H2,1-2H3,(H,16,22). The Kier molecular flexibility index (Phi) is 3.86. The largest absolute Gasteiger partial charge is 0.350 e. The number of imidazole rings is 1. The van der Waals surface area contributed by atoms with Crippen LogP contribution in [0.4, 0.5) is 0 Å². The summed E-state index contributed by atoms with van der Waals surface area (Å²) in [5.74, 6) is 0.707. The number of fused-ring (bicyclic) bond motifs is 1. The van der Waals surface area contributed by atoms with Crippen molar-refractivity contribution >= 4 is 11.6 Å². The van der Waals surface area contributed by atoms with Gasteiger partial charge in [-0.3, -0.25) is 4.79 Å². The maximum atomic E-state index is 12.3. The third kappa shape index (κ3) is 2.57. The SMILES string of the molecule is CCn1cnnc1CCNC(=O)c1nc2ccccn2c1C. The summed E-state index contributed by atoms with van der Waals surface area (Å²) in [6.07, 6.45) is 4.24. The number of aryl methyl sites for hydroxylation is 2. The van der Waals surface area contributed by atoms with E-state index in [-0.39, 0.29) is 5.91 Å². The van der Waals surface area contributed by atoms with Crippen molar-refractivity contribution in [2.45, 2.75) is 26.8 Å². The molecule has 3 aromatic rings. The summed E-state index contributed by atoms with van der Waals surface area (Å²) in [6, 6.07) is 5.70. The van der Waals surface area contributed by atoms with E-state index in [9.17, 15) is 4.79 Å². The number of pyridine rings is 1. The second-order valence-electron chi connectivity index (χ2n) is 5.01. The molecule has 1 amide bonds. The van der Waals surface area contributed by atoms with Crippen LogP contribution in [0.2, 0.25) is 0 Å². The van der Waals surface area contributed by atoms with Crippen molar-refractivity contribution in [2.75, 3.05) is 6.54 Å². The van der Waals surface area contributed by atoms with Crippen molar-refractivity contribution < 1.29 is 4.79 Å². The van der Waals surface area contributed by atoms with Crippen LogP contribution in [0.15, 0.2) is 30.7 Å². The van der Waals surface area contributed by atoms with Gasteiger partial charge in [0, 0.05) is 25.7 Å². The lowest BCUT2D eigenvalue weighted by Crippen LogP contribution is -2.27. The molecule has 3 heterocycles. The maximum absolute atomic E-state index is 12.3. The van der Waals surface area contributed by atoms with E-state index in [0.717, 1.165) is 23.7 Å². The molecule has 3 aromatic heterocycles. The van der Waals surface area contributed by atoms with Crippen LogP contribution in [-0.2, 0) is 13.0 Å². The first-order valence-electron chi connectivity index (χ1n) is 7.29. The third-order valence-corrected chi connectivity index (χ3v) is 3.65. The molecule has 0 fully saturated rings. The number of carbonyl (C=O) groups excluding carboxylic acids is 1. The quantitative estimate of drug-likeness (QED) is 0.768. The monoisotopic (exact) mass is 298 g/mol. The van der Waals surface area contributed by atoms with Crippen molar-refractivity contribution in [3.8, 4) is 0 Å². The number of carbonyl (C=O) groups is 1. The van der Waals surface area contributed by atoms with Crippen LogP contribution in [-0.4, -0.2) is 36.6 Å². The highest BCUT2D eigenvalue weighted by atomic mass is 16.1. The molecule has 0 aliphatic heterocycles. The molecule has 0 aliphatic rings. The van der Waals surface area contributed by atoms with E-state index < -0.39 is 0 Å². The Morgan fingerprint density at radius 2 is 2.23 bits per heavy atom. The summed E-state index contributed by atoms with van der Waals surface area (Å²) >= 11 is 0. The lowest BCUT2D eigenvalue weighted by Gasteiger charge is -2.05. The highest BCUT2D eigenvalue weighted by Crippen LogP contribution is 2.11. The second kappa shape index (κ2) is 5.97. The Labute approximate surface area is 128 Å². The molecule has 0 saturated carbocycles. The van der Waals surface area contributed by atoms with E-state index in [0.29, 0.717) is 18.7 Å².